The lowest BCUT2D eigenvalue weighted by molar-refractivity contribution is -0.121. The molecule has 1 aliphatic rings. The maximum absolute atomic E-state index is 13.3. The molecule has 0 bridgehead atoms. The fourth-order valence-electron chi connectivity index (χ4n) is 3.40. The van der Waals surface area contributed by atoms with Gasteiger partial charge < -0.3 is 9.84 Å². The van der Waals surface area contributed by atoms with E-state index in [1.54, 1.807) is 0 Å². The van der Waals surface area contributed by atoms with Crippen molar-refractivity contribution in [1.82, 2.24) is 15.0 Å². The van der Waals surface area contributed by atoms with Crippen LogP contribution < -0.4 is 5.32 Å². The maximum Gasteiger partial charge on any atom is 0.241 e. The molecule has 0 radical (unpaired) electrons. The number of anilines is 1. The topological polar surface area (TPSA) is 71.3 Å². The molecule has 0 aliphatic carbocycles. The summed E-state index contributed by atoms with van der Waals surface area (Å²) in [7, 11) is 0. The Kier molecular flexibility index (Phi) is 6.46. The Bertz CT molecular complexity index is 1040. The van der Waals surface area contributed by atoms with Gasteiger partial charge in [-0.3, -0.25) is 9.69 Å². The largest absolute Gasteiger partial charge is 0.338 e. The smallest absolute Gasteiger partial charge is 0.241 e. The number of benzene rings is 2. The van der Waals surface area contributed by atoms with Gasteiger partial charge in [0.15, 0.2) is 0 Å². The lowest BCUT2D eigenvalue weighted by Gasteiger charge is -2.30. The van der Waals surface area contributed by atoms with Crippen LogP contribution in [0.15, 0.2) is 51.5 Å². The Morgan fingerprint density at radius 2 is 1.97 bits per heavy atom. The minimum absolute atomic E-state index is 0.00955. The average Bonchev–Trinajstić information content (AvgIpc) is 3.20. The van der Waals surface area contributed by atoms with E-state index in [0.717, 1.165) is 23.1 Å². The zero-order valence-corrected chi connectivity index (χ0v) is 18.3. The molecule has 1 amide bonds. The molecule has 9 heteroatoms. The van der Waals surface area contributed by atoms with Crippen molar-refractivity contribution in [3.8, 4) is 11.4 Å². The molecule has 1 saturated heterocycles. The highest BCUT2D eigenvalue weighted by molar-refractivity contribution is 9.10. The predicted molar refractivity (Wildman–Crippen MR) is 115 cm³/mol. The highest BCUT2D eigenvalue weighted by Crippen LogP contribution is 2.24. The van der Waals surface area contributed by atoms with Gasteiger partial charge in [-0.1, -0.05) is 32.7 Å². The molecule has 1 aromatic heterocycles. The van der Waals surface area contributed by atoms with E-state index in [2.05, 4.69) is 36.3 Å². The summed E-state index contributed by atoms with van der Waals surface area (Å²) in [6, 6.07) is 11.9. The molecule has 0 saturated carbocycles. The van der Waals surface area contributed by atoms with Gasteiger partial charge in [0.05, 0.1) is 11.6 Å². The maximum atomic E-state index is 13.3. The van der Waals surface area contributed by atoms with E-state index < -0.39 is 5.82 Å². The Morgan fingerprint density at radius 3 is 2.67 bits per heavy atom. The number of aromatic nitrogens is 2. The van der Waals surface area contributed by atoms with Crippen molar-refractivity contribution < 1.29 is 13.7 Å². The van der Waals surface area contributed by atoms with Crippen LogP contribution in [0.5, 0.6) is 0 Å². The van der Waals surface area contributed by atoms with E-state index in [1.165, 1.54) is 18.2 Å². The van der Waals surface area contributed by atoms with Gasteiger partial charge in [0.25, 0.3) is 0 Å². The number of nitrogens with one attached hydrogen (secondary N) is 1. The fraction of sp³-hybridized carbons (Fsp3) is 0.286. The number of carbonyl (C=O) groups excluding carboxylic acids is 1. The molecule has 4 rings (SSSR count). The molecule has 0 spiro atoms. The zero-order chi connectivity index (χ0) is 21.1. The summed E-state index contributed by atoms with van der Waals surface area (Å²) in [5, 5.41) is 6.86. The number of rotatable bonds is 5. The zero-order valence-electron chi connectivity index (χ0n) is 15.9. The number of carbonyl (C=O) groups is 1. The van der Waals surface area contributed by atoms with Crippen molar-refractivity contribution >= 4 is 39.1 Å². The van der Waals surface area contributed by atoms with Crippen LogP contribution >= 0.6 is 27.5 Å². The molecule has 6 nitrogen and oxygen atoms in total. The molecule has 30 heavy (non-hydrogen) atoms. The summed E-state index contributed by atoms with van der Waals surface area (Å²) in [6.07, 6.45) is 1.43. The van der Waals surface area contributed by atoms with Crippen LogP contribution in [0, 0.1) is 11.7 Å². The molecule has 1 aliphatic heterocycles. The van der Waals surface area contributed by atoms with Crippen molar-refractivity contribution in [2.75, 3.05) is 18.4 Å². The first kappa shape index (κ1) is 21.0. The lowest BCUT2D eigenvalue weighted by atomic mass is 9.96. The Labute approximate surface area is 186 Å². The molecule has 1 fully saturated rings. The second-order valence-corrected chi connectivity index (χ2v) is 8.51. The molecule has 0 atom stereocenters. The van der Waals surface area contributed by atoms with Crippen LogP contribution in [0.25, 0.3) is 11.4 Å². The number of hydrogen-bond donors (Lipinski definition) is 1. The number of hydrogen-bond acceptors (Lipinski definition) is 5. The first-order valence-electron chi connectivity index (χ1n) is 9.55. The average molecular weight is 494 g/mol. The number of nitrogens with zero attached hydrogens (tertiary/aromatic N) is 3. The highest BCUT2D eigenvalue weighted by Gasteiger charge is 2.26. The van der Waals surface area contributed by atoms with Crippen molar-refractivity contribution in [2.24, 2.45) is 5.92 Å². The Morgan fingerprint density at radius 1 is 1.23 bits per heavy atom. The highest BCUT2D eigenvalue weighted by atomic mass is 79.9. The third-order valence-corrected chi connectivity index (χ3v) is 5.89. The monoisotopic (exact) mass is 492 g/mol. The first-order chi connectivity index (χ1) is 14.5. The molecular weight excluding hydrogens is 475 g/mol. The van der Waals surface area contributed by atoms with Gasteiger partial charge in [0.2, 0.25) is 17.6 Å². The van der Waals surface area contributed by atoms with Gasteiger partial charge in [0, 0.05) is 21.6 Å². The van der Waals surface area contributed by atoms with E-state index >= 15 is 0 Å². The molecule has 156 valence electrons. The third-order valence-electron chi connectivity index (χ3n) is 5.07. The van der Waals surface area contributed by atoms with Crippen LogP contribution in [0.2, 0.25) is 5.02 Å². The van der Waals surface area contributed by atoms with Crippen molar-refractivity contribution in [3.63, 3.8) is 0 Å². The van der Waals surface area contributed by atoms with Gasteiger partial charge in [-0.05, 0) is 68.4 Å². The number of amides is 1. The van der Waals surface area contributed by atoms with Crippen molar-refractivity contribution in [2.45, 2.75) is 19.4 Å². The van der Waals surface area contributed by atoms with E-state index in [0.29, 0.717) is 36.8 Å². The second-order valence-electron chi connectivity index (χ2n) is 7.19. The van der Waals surface area contributed by atoms with Crippen molar-refractivity contribution in [3.05, 3.63) is 63.7 Å². The van der Waals surface area contributed by atoms with Crippen LogP contribution in [0.1, 0.15) is 18.7 Å². The molecule has 0 unspecified atom stereocenters. The summed E-state index contributed by atoms with van der Waals surface area (Å²) in [5.41, 5.74) is 1.39. The van der Waals surface area contributed by atoms with Crippen LogP contribution in [-0.4, -0.2) is 34.0 Å². The second kappa shape index (κ2) is 9.24. The number of halogens is 3. The van der Waals surface area contributed by atoms with Gasteiger partial charge in [-0.15, -0.1) is 0 Å². The summed E-state index contributed by atoms with van der Waals surface area (Å²) < 4.78 is 19.6. The molecule has 1 N–H and O–H groups in total. The van der Waals surface area contributed by atoms with Gasteiger partial charge in [-0.25, -0.2) is 4.39 Å². The summed E-state index contributed by atoms with van der Waals surface area (Å²) in [4.78, 5) is 19.2. The predicted octanol–water partition coefficient (Wildman–Crippen LogP) is 5.14. The normalized spacial score (nSPS) is 15.3. The SMILES string of the molecule is O=C(Nc1ccc(F)c(Cl)c1)C1CCN(Cc2nc(-c3ccc(Br)cc3)no2)CC1. The van der Waals surface area contributed by atoms with Crippen LogP contribution in [0.4, 0.5) is 10.1 Å². The molecule has 3 aromatic rings. The molecular formula is C21H19BrClFN4O2. The van der Waals surface area contributed by atoms with Gasteiger partial charge in [0.1, 0.15) is 5.82 Å². The van der Waals surface area contributed by atoms with Crippen molar-refractivity contribution in [1.29, 1.82) is 0 Å². The molecule has 2 heterocycles. The van der Waals surface area contributed by atoms with Gasteiger partial charge >= 0.3 is 0 Å². The lowest BCUT2D eigenvalue weighted by Crippen LogP contribution is -2.37. The van der Waals surface area contributed by atoms with E-state index in [9.17, 15) is 9.18 Å². The van der Waals surface area contributed by atoms with Crippen LogP contribution in [0.3, 0.4) is 0 Å². The third kappa shape index (κ3) is 5.06. The van der Waals surface area contributed by atoms with E-state index in [4.69, 9.17) is 16.1 Å². The fourth-order valence-corrected chi connectivity index (χ4v) is 3.84. The Balaban J connectivity index is 1.29. The first-order valence-corrected chi connectivity index (χ1v) is 10.7. The number of likely N-dealkylation sites (tertiary alicyclic amines) is 1. The van der Waals surface area contributed by atoms with E-state index in [1.807, 2.05) is 24.3 Å². The summed E-state index contributed by atoms with van der Waals surface area (Å²) in [6.45, 7) is 2.04. The minimum Gasteiger partial charge on any atom is -0.338 e. The van der Waals surface area contributed by atoms with Gasteiger partial charge in [-0.2, -0.15) is 4.98 Å². The minimum atomic E-state index is -0.507. The quantitative estimate of drug-likeness (QED) is 0.533. The van der Waals surface area contributed by atoms with Crippen LogP contribution in [-0.2, 0) is 11.3 Å². The summed E-state index contributed by atoms with van der Waals surface area (Å²) >= 11 is 9.18. The number of piperidine rings is 1. The summed E-state index contributed by atoms with van der Waals surface area (Å²) in [5.74, 6) is 0.424. The standard InChI is InChI=1S/C21H19BrClFN4O2/c22-15-3-1-13(2-4-15)20-26-19(30-27-20)12-28-9-7-14(8-10-28)21(29)25-16-5-6-18(24)17(23)11-16/h1-6,11,14H,7-10,12H2,(H,25,29). The molecule has 2 aromatic carbocycles. The van der Waals surface area contributed by atoms with E-state index in [-0.39, 0.29) is 16.8 Å². The Hall–Kier alpha value is -2.29.